The Morgan fingerprint density at radius 1 is 1.53 bits per heavy atom. The maximum absolute atomic E-state index is 11.9. The molecule has 0 aliphatic carbocycles. The van der Waals surface area contributed by atoms with Gasteiger partial charge in [0.1, 0.15) is 0 Å². The fourth-order valence-electron chi connectivity index (χ4n) is 1.31. The first-order valence-corrected chi connectivity index (χ1v) is 5.47. The third-order valence-corrected chi connectivity index (χ3v) is 2.56. The molecule has 0 bridgehead atoms. The first-order chi connectivity index (χ1) is 8.02. The second-order valence-electron chi connectivity index (χ2n) is 3.58. The van der Waals surface area contributed by atoms with Gasteiger partial charge in [-0.15, -0.1) is 0 Å². The van der Waals surface area contributed by atoms with Crippen LogP contribution in [0.4, 0.5) is 0 Å². The third kappa shape index (κ3) is 4.03. The van der Waals surface area contributed by atoms with Crippen molar-refractivity contribution < 1.29 is 14.7 Å². The quantitative estimate of drug-likeness (QED) is 0.870. The lowest BCUT2D eigenvalue weighted by Crippen LogP contribution is -2.28. The van der Waals surface area contributed by atoms with Crippen LogP contribution in [-0.2, 0) is 4.79 Å². The largest absolute Gasteiger partial charge is 0.481 e. The van der Waals surface area contributed by atoms with Crippen molar-refractivity contribution in [1.29, 1.82) is 0 Å². The Labute approximate surface area is 104 Å². The van der Waals surface area contributed by atoms with Crippen molar-refractivity contribution in [3.63, 3.8) is 0 Å². The van der Waals surface area contributed by atoms with Gasteiger partial charge in [-0.25, -0.2) is 0 Å². The van der Waals surface area contributed by atoms with Crippen LogP contribution in [0.1, 0.15) is 23.2 Å². The predicted octanol–water partition coefficient (Wildman–Crippen LogP) is 1.67. The highest BCUT2D eigenvalue weighted by Crippen LogP contribution is 2.15. The lowest BCUT2D eigenvalue weighted by molar-refractivity contribution is -0.137. The van der Waals surface area contributed by atoms with E-state index in [1.165, 1.54) is 17.3 Å². The standard InChI is InChI=1S/C11H13ClN2O3/c1-14(6-2-3-10(15)16)11(17)8-7-13-5-4-9(8)12/h4-5,7H,2-3,6H2,1H3,(H,15,16). The molecule has 0 saturated carbocycles. The highest BCUT2D eigenvalue weighted by Gasteiger charge is 2.14. The van der Waals surface area contributed by atoms with Crippen LogP contribution in [0.3, 0.4) is 0 Å². The van der Waals surface area contributed by atoms with E-state index >= 15 is 0 Å². The topological polar surface area (TPSA) is 70.5 Å². The molecule has 5 nitrogen and oxygen atoms in total. The molecule has 1 aromatic heterocycles. The zero-order valence-electron chi connectivity index (χ0n) is 9.39. The number of aromatic nitrogens is 1. The maximum Gasteiger partial charge on any atom is 0.303 e. The van der Waals surface area contributed by atoms with E-state index in [9.17, 15) is 9.59 Å². The SMILES string of the molecule is CN(CCCC(=O)O)C(=O)c1cnccc1Cl. The van der Waals surface area contributed by atoms with E-state index in [1.807, 2.05) is 0 Å². The van der Waals surface area contributed by atoms with Crippen LogP contribution >= 0.6 is 11.6 Å². The minimum Gasteiger partial charge on any atom is -0.481 e. The van der Waals surface area contributed by atoms with Crippen LogP contribution in [0, 0.1) is 0 Å². The number of carboxylic acid groups (broad SMARTS) is 1. The smallest absolute Gasteiger partial charge is 0.303 e. The minimum absolute atomic E-state index is 0.0401. The zero-order valence-corrected chi connectivity index (χ0v) is 10.1. The molecular weight excluding hydrogens is 244 g/mol. The number of hydrogen-bond donors (Lipinski definition) is 1. The predicted molar refractivity (Wildman–Crippen MR) is 63.1 cm³/mol. The first-order valence-electron chi connectivity index (χ1n) is 5.09. The van der Waals surface area contributed by atoms with Crippen molar-refractivity contribution in [3.05, 3.63) is 29.0 Å². The van der Waals surface area contributed by atoms with Crippen molar-refractivity contribution in [2.45, 2.75) is 12.8 Å². The molecule has 92 valence electrons. The lowest BCUT2D eigenvalue weighted by Gasteiger charge is -2.16. The summed E-state index contributed by atoms with van der Waals surface area (Å²) >= 11 is 5.87. The molecule has 0 aliphatic rings. The monoisotopic (exact) mass is 256 g/mol. The highest BCUT2D eigenvalue weighted by atomic mass is 35.5. The molecule has 0 aliphatic heterocycles. The molecule has 6 heteroatoms. The number of aliphatic carboxylic acids is 1. The molecule has 0 spiro atoms. The van der Waals surface area contributed by atoms with Crippen LogP contribution in [0.15, 0.2) is 18.5 Å². The van der Waals surface area contributed by atoms with E-state index in [-0.39, 0.29) is 12.3 Å². The van der Waals surface area contributed by atoms with Crippen LogP contribution in [-0.4, -0.2) is 40.5 Å². The van der Waals surface area contributed by atoms with Gasteiger partial charge in [-0.2, -0.15) is 0 Å². The summed E-state index contributed by atoms with van der Waals surface area (Å²) in [5.74, 6) is -1.13. The summed E-state index contributed by atoms with van der Waals surface area (Å²) in [5.41, 5.74) is 0.326. The van der Waals surface area contributed by atoms with Crippen molar-refractivity contribution in [2.75, 3.05) is 13.6 Å². The van der Waals surface area contributed by atoms with E-state index in [2.05, 4.69) is 4.98 Å². The van der Waals surface area contributed by atoms with Gasteiger partial charge in [-0.1, -0.05) is 11.6 Å². The second-order valence-corrected chi connectivity index (χ2v) is 3.99. The van der Waals surface area contributed by atoms with Crippen LogP contribution in [0.25, 0.3) is 0 Å². The van der Waals surface area contributed by atoms with Gasteiger partial charge in [0.25, 0.3) is 5.91 Å². The molecule has 0 atom stereocenters. The van der Waals surface area contributed by atoms with Gasteiger partial charge in [-0.05, 0) is 12.5 Å². The summed E-state index contributed by atoms with van der Waals surface area (Å²) in [7, 11) is 1.60. The minimum atomic E-state index is -0.870. The molecule has 1 rings (SSSR count). The average molecular weight is 257 g/mol. The Hall–Kier alpha value is -1.62. The van der Waals surface area contributed by atoms with E-state index < -0.39 is 5.97 Å². The number of amides is 1. The Bertz CT molecular complexity index is 423. The van der Waals surface area contributed by atoms with Crippen molar-refractivity contribution in [3.8, 4) is 0 Å². The van der Waals surface area contributed by atoms with Gasteiger partial charge in [0.15, 0.2) is 0 Å². The Morgan fingerprint density at radius 3 is 2.82 bits per heavy atom. The zero-order chi connectivity index (χ0) is 12.8. The fourth-order valence-corrected chi connectivity index (χ4v) is 1.50. The van der Waals surface area contributed by atoms with Crippen LogP contribution in [0.2, 0.25) is 5.02 Å². The normalized spacial score (nSPS) is 10.0. The number of carboxylic acids is 1. The molecule has 1 aromatic rings. The van der Waals surface area contributed by atoms with Gasteiger partial charge in [-0.3, -0.25) is 14.6 Å². The van der Waals surface area contributed by atoms with Gasteiger partial charge < -0.3 is 10.0 Å². The van der Waals surface area contributed by atoms with Gasteiger partial charge in [0.2, 0.25) is 0 Å². The van der Waals surface area contributed by atoms with E-state index in [1.54, 1.807) is 13.1 Å². The molecule has 17 heavy (non-hydrogen) atoms. The molecular formula is C11H13ClN2O3. The van der Waals surface area contributed by atoms with Gasteiger partial charge >= 0.3 is 5.97 Å². The molecule has 1 heterocycles. The third-order valence-electron chi connectivity index (χ3n) is 2.23. The Balaban J connectivity index is 2.58. The Morgan fingerprint density at radius 2 is 2.24 bits per heavy atom. The lowest BCUT2D eigenvalue weighted by atomic mass is 10.2. The highest BCUT2D eigenvalue weighted by molar-refractivity contribution is 6.33. The van der Waals surface area contributed by atoms with Gasteiger partial charge in [0.05, 0.1) is 10.6 Å². The summed E-state index contributed by atoms with van der Waals surface area (Å²) < 4.78 is 0. The maximum atomic E-state index is 11.9. The average Bonchev–Trinajstić information content (AvgIpc) is 2.28. The summed E-state index contributed by atoms with van der Waals surface area (Å²) in [4.78, 5) is 27.5. The molecule has 0 radical (unpaired) electrons. The van der Waals surface area contributed by atoms with Crippen LogP contribution in [0.5, 0.6) is 0 Å². The van der Waals surface area contributed by atoms with E-state index in [0.717, 1.165) is 0 Å². The number of hydrogen-bond acceptors (Lipinski definition) is 3. The second kappa shape index (κ2) is 6.20. The van der Waals surface area contributed by atoms with E-state index in [0.29, 0.717) is 23.6 Å². The van der Waals surface area contributed by atoms with Crippen molar-refractivity contribution >= 4 is 23.5 Å². The molecule has 1 amide bonds. The van der Waals surface area contributed by atoms with Crippen molar-refractivity contribution in [2.24, 2.45) is 0 Å². The Kier molecular flexibility index (Phi) is 4.90. The van der Waals surface area contributed by atoms with Crippen molar-refractivity contribution in [1.82, 2.24) is 9.88 Å². The fraction of sp³-hybridized carbons (Fsp3) is 0.364. The van der Waals surface area contributed by atoms with Crippen LogP contribution < -0.4 is 0 Å². The molecule has 0 unspecified atom stereocenters. The summed E-state index contributed by atoms with van der Waals surface area (Å²) in [5, 5.41) is 8.83. The number of carbonyl (C=O) groups is 2. The summed E-state index contributed by atoms with van der Waals surface area (Å²) in [6.45, 7) is 0.371. The molecule has 0 aromatic carbocycles. The number of carbonyl (C=O) groups excluding carboxylic acids is 1. The number of rotatable bonds is 5. The molecule has 0 saturated heterocycles. The number of halogens is 1. The number of nitrogens with zero attached hydrogens (tertiary/aromatic N) is 2. The first kappa shape index (κ1) is 13.4. The molecule has 0 fully saturated rings. The van der Waals surface area contributed by atoms with E-state index in [4.69, 9.17) is 16.7 Å². The summed E-state index contributed by atoms with van der Waals surface area (Å²) in [6, 6.07) is 1.54. The number of pyridine rings is 1. The van der Waals surface area contributed by atoms with Gasteiger partial charge in [0, 0.05) is 32.4 Å². The molecule has 1 N–H and O–H groups in total. The summed E-state index contributed by atoms with van der Waals surface area (Å²) in [6.07, 6.45) is 3.36.